The van der Waals surface area contributed by atoms with E-state index in [0.29, 0.717) is 17.9 Å². The number of nitrogens with zero attached hydrogens (tertiary/aromatic N) is 2. The van der Waals surface area contributed by atoms with Gasteiger partial charge >= 0.3 is 5.97 Å². The lowest BCUT2D eigenvalue weighted by molar-refractivity contribution is -0.137. The molecule has 0 aliphatic heterocycles. The van der Waals surface area contributed by atoms with Crippen LogP contribution in [-0.4, -0.2) is 47.5 Å². The number of rotatable bonds is 11. The molecule has 0 radical (unpaired) electrons. The minimum Gasteiger partial charge on any atom is -0.481 e. The Labute approximate surface area is 179 Å². The van der Waals surface area contributed by atoms with Gasteiger partial charge in [0, 0.05) is 36.9 Å². The monoisotopic (exact) mass is 464 g/mol. The van der Waals surface area contributed by atoms with E-state index in [1.165, 1.54) is 36.8 Å². The average Bonchev–Trinajstić information content (AvgIpc) is 3.13. The molecule has 1 aromatic carbocycles. The van der Waals surface area contributed by atoms with Crippen LogP contribution in [0, 0.1) is 0 Å². The highest BCUT2D eigenvalue weighted by Gasteiger charge is 2.26. The zero-order chi connectivity index (χ0) is 20.6. The van der Waals surface area contributed by atoms with E-state index in [1.54, 1.807) is 10.8 Å². The van der Waals surface area contributed by atoms with Crippen molar-refractivity contribution in [2.75, 3.05) is 6.54 Å². The molecule has 0 aliphatic carbocycles. The number of carbonyl (C=O) groups excluding carboxylic acids is 1. The Morgan fingerprint density at radius 3 is 2.48 bits per heavy atom. The first kappa shape index (κ1) is 24.9. The molecule has 2 aromatic rings. The summed E-state index contributed by atoms with van der Waals surface area (Å²) >= 11 is 5.79. The highest BCUT2D eigenvalue weighted by molar-refractivity contribution is 7.89. The minimum atomic E-state index is -3.95. The van der Waals surface area contributed by atoms with Crippen LogP contribution in [0.4, 0.5) is 0 Å². The third-order valence-corrected chi connectivity index (χ3v) is 5.55. The van der Waals surface area contributed by atoms with Gasteiger partial charge in [-0.2, -0.15) is 4.72 Å². The summed E-state index contributed by atoms with van der Waals surface area (Å²) in [6.45, 7) is 0.295. The van der Waals surface area contributed by atoms with Gasteiger partial charge in [0.2, 0.25) is 15.9 Å². The van der Waals surface area contributed by atoms with E-state index in [0.717, 1.165) is 0 Å². The molecule has 3 N–H and O–H groups in total. The van der Waals surface area contributed by atoms with Crippen LogP contribution in [0.2, 0.25) is 5.02 Å². The molecule has 0 aliphatic rings. The molecule has 29 heavy (non-hydrogen) atoms. The lowest BCUT2D eigenvalue weighted by Crippen LogP contribution is -2.49. The van der Waals surface area contributed by atoms with Crippen molar-refractivity contribution in [2.24, 2.45) is 0 Å². The number of hydrogen-bond acceptors (Lipinski definition) is 5. The van der Waals surface area contributed by atoms with Crippen LogP contribution in [0.3, 0.4) is 0 Å². The fourth-order valence-electron chi connectivity index (χ4n) is 2.38. The molecular weight excluding hydrogens is 443 g/mol. The number of sulfonamides is 1. The highest BCUT2D eigenvalue weighted by atomic mass is 35.5. The molecule has 1 aromatic heterocycles. The van der Waals surface area contributed by atoms with Gasteiger partial charge < -0.3 is 15.0 Å². The second kappa shape index (κ2) is 11.8. The molecule has 160 valence electrons. The molecule has 1 unspecified atom stereocenters. The van der Waals surface area contributed by atoms with Crippen LogP contribution in [0.25, 0.3) is 0 Å². The van der Waals surface area contributed by atoms with Crippen LogP contribution < -0.4 is 10.0 Å². The first-order valence-corrected chi connectivity index (χ1v) is 10.4. The Hall–Kier alpha value is -2.14. The van der Waals surface area contributed by atoms with E-state index in [1.807, 2.05) is 0 Å². The molecule has 1 heterocycles. The zero-order valence-electron chi connectivity index (χ0n) is 15.3. The number of imidazole rings is 1. The Bertz CT molecular complexity index is 889. The van der Waals surface area contributed by atoms with E-state index in [4.69, 9.17) is 16.7 Å². The Kier molecular flexibility index (Phi) is 10.1. The number of nitrogens with one attached hydrogen (secondary N) is 2. The van der Waals surface area contributed by atoms with Gasteiger partial charge in [0.1, 0.15) is 6.04 Å². The molecular formula is C17H22Cl2N4O5S. The van der Waals surface area contributed by atoms with Crippen molar-refractivity contribution in [3.8, 4) is 0 Å². The zero-order valence-corrected chi connectivity index (χ0v) is 17.7. The Morgan fingerprint density at radius 2 is 1.90 bits per heavy atom. The van der Waals surface area contributed by atoms with Crippen molar-refractivity contribution < 1.29 is 23.1 Å². The largest absolute Gasteiger partial charge is 0.481 e. The first-order chi connectivity index (χ1) is 13.3. The molecule has 1 amide bonds. The Balaban J connectivity index is 0.00000420. The molecule has 2 rings (SSSR count). The number of unbranched alkanes of at least 4 members (excludes halogenated alkanes) is 1. The van der Waals surface area contributed by atoms with Crippen LogP contribution in [0.15, 0.2) is 47.9 Å². The van der Waals surface area contributed by atoms with Crippen molar-refractivity contribution in [1.29, 1.82) is 0 Å². The van der Waals surface area contributed by atoms with E-state index in [2.05, 4.69) is 15.0 Å². The number of aromatic nitrogens is 2. The standard InChI is InChI=1S/C17H21ClN4O5S.ClH/c18-13-4-6-14(7-5-13)28(26,27)21-15(11-22-10-9-19-12-22)17(25)20-8-2-1-3-16(23)24;/h4-7,9-10,12,15,21H,1-3,8,11H2,(H,20,25)(H,23,24);1H. The maximum absolute atomic E-state index is 12.6. The number of aliphatic carboxylic acids is 1. The molecule has 1 atom stereocenters. The second-order valence-electron chi connectivity index (χ2n) is 6.03. The number of carbonyl (C=O) groups is 2. The lowest BCUT2D eigenvalue weighted by Gasteiger charge is -2.19. The van der Waals surface area contributed by atoms with Crippen LogP contribution in [0.5, 0.6) is 0 Å². The van der Waals surface area contributed by atoms with Gasteiger partial charge in [0.15, 0.2) is 0 Å². The smallest absolute Gasteiger partial charge is 0.303 e. The lowest BCUT2D eigenvalue weighted by atomic mass is 10.2. The molecule has 12 heteroatoms. The van der Waals surface area contributed by atoms with Crippen molar-refractivity contribution in [1.82, 2.24) is 19.6 Å². The summed E-state index contributed by atoms with van der Waals surface area (Å²) in [7, 11) is -3.95. The highest BCUT2D eigenvalue weighted by Crippen LogP contribution is 2.14. The van der Waals surface area contributed by atoms with Gasteiger partial charge in [-0.1, -0.05) is 11.6 Å². The average molecular weight is 465 g/mol. The topological polar surface area (TPSA) is 130 Å². The summed E-state index contributed by atoms with van der Waals surface area (Å²) in [5, 5.41) is 11.7. The molecule has 9 nitrogen and oxygen atoms in total. The predicted molar refractivity (Wildman–Crippen MR) is 110 cm³/mol. The maximum Gasteiger partial charge on any atom is 0.303 e. The molecule has 0 spiro atoms. The molecule has 0 saturated carbocycles. The third-order valence-electron chi connectivity index (χ3n) is 3.81. The number of carboxylic acid groups (broad SMARTS) is 1. The predicted octanol–water partition coefficient (Wildman–Crippen LogP) is 1.68. The number of hydrogen-bond donors (Lipinski definition) is 3. The summed E-state index contributed by atoms with van der Waals surface area (Å²) < 4.78 is 29.2. The molecule has 0 saturated heterocycles. The van der Waals surface area contributed by atoms with Crippen LogP contribution >= 0.6 is 24.0 Å². The van der Waals surface area contributed by atoms with E-state index in [-0.39, 0.29) is 36.8 Å². The van der Waals surface area contributed by atoms with Crippen molar-refractivity contribution in [3.05, 3.63) is 48.0 Å². The van der Waals surface area contributed by atoms with Crippen molar-refractivity contribution in [3.63, 3.8) is 0 Å². The quantitative estimate of drug-likeness (QED) is 0.433. The van der Waals surface area contributed by atoms with E-state index < -0.39 is 27.9 Å². The fourth-order valence-corrected chi connectivity index (χ4v) is 3.70. The summed E-state index contributed by atoms with van der Waals surface area (Å²) in [5.41, 5.74) is 0. The van der Waals surface area contributed by atoms with Crippen molar-refractivity contribution in [2.45, 2.75) is 36.7 Å². The normalized spacial score (nSPS) is 12.0. The third kappa shape index (κ3) is 8.40. The van der Waals surface area contributed by atoms with E-state index >= 15 is 0 Å². The number of halogens is 2. The van der Waals surface area contributed by atoms with Gasteiger partial charge in [-0.15, -0.1) is 12.4 Å². The molecule has 0 fully saturated rings. The van der Waals surface area contributed by atoms with Gasteiger partial charge in [-0.3, -0.25) is 9.59 Å². The van der Waals surface area contributed by atoms with Crippen LogP contribution in [0.1, 0.15) is 19.3 Å². The van der Waals surface area contributed by atoms with Crippen molar-refractivity contribution >= 4 is 45.9 Å². The fraction of sp³-hybridized carbons (Fsp3) is 0.353. The minimum absolute atomic E-state index is 0. The summed E-state index contributed by atoms with van der Waals surface area (Å²) in [6.07, 6.45) is 5.51. The summed E-state index contributed by atoms with van der Waals surface area (Å²) in [4.78, 5) is 26.9. The van der Waals surface area contributed by atoms with Gasteiger partial charge in [0.25, 0.3) is 0 Å². The Morgan fingerprint density at radius 1 is 1.21 bits per heavy atom. The van der Waals surface area contributed by atoms with Gasteiger partial charge in [0.05, 0.1) is 11.2 Å². The number of carboxylic acids is 1. The van der Waals surface area contributed by atoms with Gasteiger partial charge in [-0.25, -0.2) is 13.4 Å². The second-order valence-corrected chi connectivity index (χ2v) is 8.18. The number of amides is 1. The SMILES string of the molecule is Cl.O=C(O)CCCCNC(=O)C(Cn1ccnc1)NS(=O)(=O)c1ccc(Cl)cc1. The maximum atomic E-state index is 12.6. The van der Waals surface area contributed by atoms with E-state index in [9.17, 15) is 18.0 Å². The number of benzene rings is 1. The van der Waals surface area contributed by atoms with Crippen LogP contribution in [-0.2, 0) is 26.2 Å². The van der Waals surface area contributed by atoms with Gasteiger partial charge in [-0.05, 0) is 37.1 Å². The first-order valence-electron chi connectivity index (χ1n) is 8.51. The summed E-state index contributed by atoms with van der Waals surface area (Å²) in [6, 6.07) is 4.52. The summed E-state index contributed by atoms with van der Waals surface area (Å²) in [5.74, 6) is -1.42. The molecule has 0 bridgehead atoms.